The van der Waals surface area contributed by atoms with E-state index < -0.39 is 5.69 Å². The van der Waals surface area contributed by atoms with Gasteiger partial charge in [-0.25, -0.2) is 4.79 Å². The Kier molecular flexibility index (Phi) is 5.99. The summed E-state index contributed by atoms with van der Waals surface area (Å²) in [5, 5.41) is 1.78. The molecule has 0 bridgehead atoms. The molecule has 0 saturated heterocycles. The number of fused-ring (bicyclic) bond motifs is 1. The maximum Gasteiger partial charge on any atom is 0.332 e. The summed E-state index contributed by atoms with van der Waals surface area (Å²) in [6.45, 7) is 6.97. The van der Waals surface area contributed by atoms with Gasteiger partial charge in [-0.15, -0.1) is 11.3 Å². The summed E-state index contributed by atoms with van der Waals surface area (Å²) in [6, 6.07) is 1.74. The lowest BCUT2D eigenvalue weighted by atomic mass is 10.2. The van der Waals surface area contributed by atoms with E-state index in [2.05, 4.69) is 6.92 Å². The first-order valence-corrected chi connectivity index (χ1v) is 9.19. The molecule has 2 aromatic rings. The van der Waals surface area contributed by atoms with E-state index in [0.29, 0.717) is 23.3 Å². The van der Waals surface area contributed by atoms with Gasteiger partial charge in [0.05, 0.1) is 5.52 Å². The van der Waals surface area contributed by atoms with Crippen molar-refractivity contribution in [2.45, 2.75) is 46.7 Å². The van der Waals surface area contributed by atoms with Crippen molar-refractivity contribution in [3.8, 4) is 0 Å². The summed E-state index contributed by atoms with van der Waals surface area (Å²) in [7, 11) is 1.75. The highest BCUT2D eigenvalue weighted by molar-refractivity contribution is 7.17. The third-order valence-corrected chi connectivity index (χ3v) is 4.84. The third-order valence-electron chi connectivity index (χ3n) is 3.95. The van der Waals surface area contributed by atoms with Crippen molar-refractivity contribution in [3.63, 3.8) is 0 Å². The number of aromatic nitrogens is 2. The van der Waals surface area contributed by atoms with Gasteiger partial charge in [-0.1, -0.05) is 27.2 Å². The molecule has 0 aliphatic rings. The lowest BCUT2D eigenvalue weighted by Gasteiger charge is -2.19. The van der Waals surface area contributed by atoms with Crippen LogP contribution in [0.3, 0.4) is 0 Å². The Bertz CT molecular complexity index is 832. The van der Waals surface area contributed by atoms with E-state index in [1.54, 1.807) is 23.4 Å². The Morgan fingerprint density at radius 3 is 2.62 bits per heavy atom. The second-order valence-electron chi connectivity index (χ2n) is 6.48. The minimum Gasteiger partial charge on any atom is -0.344 e. The summed E-state index contributed by atoms with van der Waals surface area (Å²) < 4.78 is 3.21. The topological polar surface area (TPSA) is 64.3 Å². The fourth-order valence-corrected chi connectivity index (χ4v) is 3.43. The van der Waals surface area contributed by atoms with Gasteiger partial charge in [0.15, 0.2) is 0 Å². The van der Waals surface area contributed by atoms with Crippen molar-refractivity contribution in [3.05, 3.63) is 32.3 Å². The van der Waals surface area contributed by atoms with E-state index in [1.807, 2.05) is 13.8 Å². The number of nitrogens with zero attached hydrogens (tertiary/aromatic N) is 3. The number of hydrogen-bond donors (Lipinski definition) is 0. The molecule has 2 heterocycles. The average molecular weight is 351 g/mol. The number of unbranched alkanes of at least 4 members (excludes halogenated alkanes) is 1. The van der Waals surface area contributed by atoms with Crippen LogP contribution in [0.15, 0.2) is 21.0 Å². The number of amides is 1. The first-order chi connectivity index (χ1) is 11.4. The van der Waals surface area contributed by atoms with Crippen molar-refractivity contribution in [2.24, 2.45) is 5.92 Å². The maximum atomic E-state index is 12.8. The Morgan fingerprint density at radius 2 is 2.00 bits per heavy atom. The maximum absolute atomic E-state index is 12.8. The van der Waals surface area contributed by atoms with Crippen LogP contribution >= 0.6 is 11.3 Å². The quantitative estimate of drug-likeness (QED) is 0.768. The monoisotopic (exact) mass is 351 g/mol. The Hall–Kier alpha value is -1.89. The van der Waals surface area contributed by atoms with Crippen molar-refractivity contribution < 1.29 is 4.79 Å². The Morgan fingerprint density at radius 1 is 1.29 bits per heavy atom. The van der Waals surface area contributed by atoms with Crippen LogP contribution in [0, 0.1) is 5.92 Å². The highest BCUT2D eigenvalue weighted by Crippen LogP contribution is 2.15. The third kappa shape index (κ3) is 3.77. The largest absolute Gasteiger partial charge is 0.344 e. The molecule has 0 spiro atoms. The van der Waals surface area contributed by atoms with Crippen LogP contribution in [0.25, 0.3) is 10.2 Å². The predicted molar refractivity (Wildman–Crippen MR) is 97.7 cm³/mol. The summed E-state index contributed by atoms with van der Waals surface area (Å²) in [6.07, 6.45) is 1.93. The standard InChI is InChI=1S/C17H25N3O3S/c1-5-6-8-18(4)14(21)11-19-13-7-9-24-15(13)16(22)20(17(19)23)10-12(2)3/h7,9,12H,5-6,8,10-11H2,1-4H3. The number of thiophene rings is 1. The first-order valence-electron chi connectivity index (χ1n) is 8.31. The molecule has 0 N–H and O–H groups in total. The highest BCUT2D eigenvalue weighted by Gasteiger charge is 2.18. The fourth-order valence-electron chi connectivity index (χ4n) is 2.59. The molecule has 6 nitrogen and oxygen atoms in total. The van der Waals surface area contributed by atoms with E-state index in [4.69, 9.17) is 0 Å². The lowest BCUT2D eigenvalue weighted by Crippen LogP contribution is -2.43. The van der Waals surface area contributed by atoms with Crippen molar-refractivity contribution in [1.29, 1.82) is 0 Å². The molecule has 0 aromatic carbocycles. The minimum absolute atomic E-state index is 0.0370. The molecule has 0 fully saturated rings. The second-order valence-corrected chi connectivity index (χ2v) is 7.40. The lowest BCUT2D eigenvalue weighted by molar-refractivity contribution is -0.130. The molecule has 2 rings (SSSR count). The minimum atomic E-state index is -0.406. The second kappa shape index (κ2) is 7.79. The van der Waals surface area contributed by atoms with Crippen LogP contribution in [0.4, 0.5) is 0 Å². The van der Waals surface area contributed by atoms with E-state index in [0.717, 1.165) is 12.8 Å². The number of likely N-dealkylation sites (N-methyl/N-ethyl adjacent to an activating group) is 1. The van der Waals surface area contributed by atoms with Gasteiger partial charge in [0.2, 0.25) is 5.91 Å². The number of hydrogen-bond acceptors (Lipinski definition) is 4. The number of carbonyl (C=O) groups is 1. The molecule has 0 saturated carbocycles. The Balaban J connectivity index is 2.46. The molecular formula is C17H25N3O3S. The SMILES string of the molecule is CCCCN(C)C(=O)Cn1c(=O)n(CC(C)C)c(=O)c2sccc21. The van der Waals surface area contributed by atoms with E-state index >= 15 is 0 Å². The normalized spacial score (nSPS) is 11.4. The molecule has 24 heavy (non-hydrogen) atoms. The van der Waals surface area contributed by atoms with E-state index in [1.165, 1.54) is 20.5 Å². The zero-order valence-electron chi connectivity index (χ0n) is 14.7. The van der Waals surface area contributed by atoms with Crippen molar-refractivity contribution in [2.75, 3.05) is 13.6 Å². The van der Waals surface area contributed by atoms with Crippen LogP contribution in [0.2, 0.25) is 0 Å². The summed E-state index contributed by atoms with van der Waals surface area (Å²) in [5.74, 6) is 0.0528. The number of carbonyl (C=O) groups excluding carboxylic acids is 1. The molecule has 0 radical (unpaired) electrons. The molecule has 0 aliphatic heterocycles. The van der Waals surface area contributed by atoms with Gasteiger partial charge in [0, 0.05) is 20.1 Å². The number of rotatable bonds is 7. The smallest absolute Gasteiger partial charge is 0.332 e. The van der Waals surface area contributed by atoms with Crippen LogP contribution in [0.5, 0.6) is 0 Å². The highest BCUT2D eigenvalue weighted by atomic mass is 32.1. The van der Waals surface area contributed by atoms with Gasteiger partial charge < -0.3 is 4.90 Å². The first kappa shape index (κ1) is 18.4. The van der Waals surface area contributed by atoms with Crippen LogP contribution in [-0.2, 0) is 17.9 Å². The molecule has 1 amide bonds. The molecule has 0 unspecified atom stereocenters. The molecular weight excluding hydrogens is 326 g/mol. The molecule has 0 aliphatic carbocycles. The Labute approximate surface area is 145 Å². The summed E-state index contributed by atoms with van der Waals surface area (Å²) in [5.41, 5.74) is -0.120. The van der Waals surface area contributed by atoms with E-state index in [-0.39, 0.29) is 23.9 Å². The summed E-state index contributed by atoms with van der Waals surface area (Å²) in [4.78, 5) is 39.4. The molecule has 132 valence electrons. The van der Waals surface area contributed by atoms with Crippen LogP contribution in [0.1, 0.15) is 33.6 Å². The fraction of sp³-hybridized carbons (Fsp3) is 0.588. The van der Waals surface area contributed by atoms with Gasteiger partial charge in [-0.3, -0.25) is 18.7 Å². The van der Waals surface area contributed by atoms with Gasteiger partial charge in [-0.05, 0) is 23.8 Å². The average Bonchev–Trinajstić information content (AvgIpc) is 3.02. The van der Waals surface area contributed by atoms with Crippen molar-refractivity contribution in [1.82, 2.24) is 14.0 Å². The zero-order valence-corrected chi connectivity index (χ0v) is 15.6. The van der Waals surface area contributed by atoms with Gasteiger partial charge in [-0.2, -0.15) is 0 Å². The summed E-state index contributed by atoms with van der Waals surface area (Å²) >= 11 is 1.31. The molecule has 7 heteroatoms. The van der Waals surface area contributed by atoms with Gasteiger partial charge >= 0.3 is 5.69 Å². The van der Waals surface area contributed by atoms with Crippen LogP contribution in [-0.4, -0.2) is 33.5 Å². The van der Waals surface area contributed by atoms with Crippen LogP contribution < -0.4 is 11.2 Å². The zero-order chi connectivity index (χ0) is 17.9. The van der Waals surface area contributed by atoms with Crippen molar-refractivity contribution >= 4 is 27.5 Å². The molecule has 2 aromatic heterocycles. The predicted octanol–water partition coefficient (Wildman–Crippen LogP) is 2.14. The van der Waals surface area contributed by atoms with Gasteiger partial charge in [0.1, 0.15) is 11.2 Å². The molecule has 0 atom stereocenters. The van der Waals surface area contributed by atoms with Gasteiger partial charge in [0.25, 0.3) is 5.56 Å². The van der Waals surface area contributed by atoms with E-state index in [9.17, 15) is 14.4 Å².